The number of rotatable bonds is 1. The van der Waals surface area contributed by atoms with Crippen molar-refractivity contribution in [1.82, 2.24) is 0 Å². The molecular weight excluding hydrogens is 278 g/mol. The average Bonchev–Trinajstić information content (AvgIpc) is 2.87. The number of anilines is 1. The van der Waals surface area contributed by atoms with Gasteiger partial charge in [-0.15, -0.1) is 0 Å². The monoisotopic (exact) mass is 297 g/mol. The van der Waals surface area contributed by atoms with Gasteiger partial charge in [-0.1, -0.05) is 18.2 Å². The minimum absolute atomic E-state index is 0.0136. The summed E-state index contributed by atoms with van der Waals surface area (Å²) in [5, 5.41) is 4.86. The molecule has 2 unspecified atom stereocenters. The van der Waals surface area contributed by atoms with Gasteiger partial charge in [-0.3, -0.25) is 4.79 Å². The molecule has 2 atom stereocenters. The van der Waals surface area contributed by atoms with E-state index in [0.717, 1.165) is 22.0 Å². The van der Waals surface area contributed by atoms with Crippen LogP contribution in [0.3, 0.4) is 0 Å². The Kier molecular flexibility index (Phi) is 2.55. The fourth-order valence-electron chi connectivity index (χ4n) is 3.49. The fraction of sp³-hybridized carbons (Fsp3) is 0.389. The summed E-state index contributed by atoms with van der Waals surface area (Å²) in [5.41, 5.74) is 2.17. The van der Waals surface area contributed by atoms with E-state index in [9.17, 15) is 4.79 Å². The molecule has 1 fully saturated rings. The van der Waals surface area contributed by atoms with Crippen molar-refractivity contribution in [3.63, 3.8) is 0 Å². The summed E-state index contributed by atoms with van der Waals surface area (Å²) < 4.78 is 12.4. The zero-order valence-electron chi connectivity index (χ0n) is 13.2. The number of hydrogen-bond acceptors (Lipinski definition) is 3. The molecule has 2 aromatic carbocycles. The Morgan fingerprint density at radius 1 is 1.14 bits per heavy atom. The maximum absolute atomic E-state index is 12.0. The summed E-state index contributed by atoms with van der Waals surface area (Å²) in [6.07, 6.45) is -0.0136. The maximum Gasteiger partial charge on any atom is 0.256 e. The summed E-state index contributed by atoms with van der Waals surface area (Å²) in [4.78, 5) is 12.0. The lowest BCUT2D eigenvalue weighted by Crippen LogP contribution is -2.31. The molecule has 0 aromatic heterocycles. The van der Waals surface area contributed by atoms with E-state index < -0.39 is 5.79 Å². The molecule has 0 spiro atoms. The van der Waals surface area contributed by atoms with Gasteiger partial charge in [0.25, 0.3) is 5.91 Å². The van der Waals surface area contributed by atoms with E-state index in [0.29, 0.717) is 5.56 Å². The van der Waals surface area contributed by atoms with Crippen LogP contribution in [0.4, 0.5) is 5.69 Å². The molecule has 0 bridgehead atoms. The first-order chi connectivity index (χ1) is 10.3. The van der Waals surface area contributed by atoms with Gasteiger partial charge in [0.05, 0.1) is 11.7 Å². The molecule has 0 aliphatic carbocycles. The maximum atomic E-state index is 12.0. The van der Waals surface area contributed by atoms with Crippen LogP contribution in [0.1, 0.15) is 43.6 Å². The number of carbonyl (C=O) groups excluding carboxylic acids is 1. The Morgan fingerprint density at radius 2 is 1.91 bits per heavy atom. The van der Waals surface area contributed by atoms with Crippen molar-refractivity contribution in [2.75, 3.05) is 5.32 Å². The van der Waals surface area contributed by atoms with Gasteiger partial charge in [-0.25, -0.2) is 0 Å². The third-order valence-electron chi connectivity index (χ3n) is 4.86. The van der Waals surface area contributed by atoms with Gasteiger partial charge < -0.3 is 14.8 Å². The van der Waals surface area contributed by atoms with Crippen molar-refractivity contribution in [3.8, 4) is 0 Å². The standard InChI is InChI=1S/C18H19NO3/c1-10-17(2,3)22-18(4,21-10)13-8-9-14-15-11(13)6-5-7-12(15)16(20)19-14/h5-10H,1-4H3,(H,19,20). The largest absolute Gasteiger partial charge is 0.340 e. The molecule has 1 amide bonds. The molecule has 4 heteroatoms. The third kappa shape index (κ3) is 1.68. The van der Waals surface area contributed by atoms with E-state index in [-0.39, 0.29) is 17.6 Å². The highest BCUT2D eigenvalue weighted by Crippen LogP contribution is 2.46. The molecule has 22 heavy (non-hydrogen) atoms. The Morgan fingerprint density at radius 3 is 2.59 bits per heavy atom. The van der Waals surface area contributed by atoms with Gasteiger partial charge in [0.15, 0.2) is 5.79 Å². The lowest BCUT2D eigenvalue weighted by atomic mass is 9.96. The predicted octanol–water partition coefficient (Wildman–Crippen LogP) is 3.79. The van der Waals surface area contributed by atoms with Crippen LogP contribution in [0.15, 0.2) is 30.3 Å². The molecule has 2 aliphatic heterocycles. The highest BCUT2D eigenvalue weighted by molar-refractivity contribution is 6.24. The molecule has 2 aliphatic rings. The lowest BCUT2D eigenvalue weighted by molar-refractivity contribution is -0.178. The van der Waals surface area contributed by atoms with E-state index >= 15 is 0 Å². The quantitative estimate of drug-likeness (QED) is 0.871. The second-order valence-electron chi connectivity index (χ2n) is 6.75. The molecular formula is C18H19NO3. The highest BCUT2D eigenvalue weighted by Gasteiger charge is 2.49. The van der Waals surface area contributed by atoms with Crippen LogP contribution in [-0.4, -0.2) is 17.6 Å². The SMILES string of the molecule is CC1OC(C)(c2ccc3c4c(cccc24)C(=O)N3)OC1(C)C. The van der Waals surface area contributed by atoms with Crippen LogP contribution < -0.4 is 5.32 Å². The minimum Gasteiger partial charge on any atom is -0.340 e. The van der Waals surface area contributed by atoms with E-state index in [1.807, 2.05) is 58.0 Å². The number of nitrogens with one attached hydrogen (secondary N) is 1. The number of carbonyl (C=O) groups is 1. The molecule has 4 rings (SSSR count). The van der Waals surface area contributed by atoms with Crippen LogP contribution in [0.5, 0.6) is 0 Å². The van der Waals surface area contributed by atoms with Crippen molar-refractivity contribution in [1.29, 1.82) is 0 Å². The molecule has 114 valence electrons. The summed E-state index contributed by atoms with van der Waals surface area (Å²) in [6, 6.07) is 9.69. The summed E-state index contributed by atoms with van der Waals surface area (Å²) >= 11 is 0. The van der Waals surface area contributed by atoms with Crippen molar-refractivity contribution >= 4 is 22.4 Å². The van der Waals surface area contributed by atoms with Crippen LogP contribution in [-0.2, 0) is 15.3 Å². The first-order valence-corrected chi connectivity index (χ1v) is 7.57. The second kappa shape index (κ2) is 4.09. The van der Waals surface area contributed by atoms with Crippen molar-refractivity contribution < 1.29 is 14.3 Å². The molecule has 0 saturated carbocycles. The molecule has 1 N–H and O–H groups in total. The number of amides is 1. The Bertz CT molecular complexity index is 811. The van der Waals surface area contributed by atoms with Gasteiger partial charge in [-0.05, 0) is 45.2 Å². The summed E-state index contributed by atoms with van der Waals surface area (Å²) in [6.45, 7) is 8.05. The Hall–Kier alpha value is -1.91. The smallest absolute Gasteiger partial charge is 0.256 e. The van der Waals surface area contributed by atoms with Crippen molar-refractivity contribution in [3.05, 3.63) is 41.5 Å². The van der Waals surface area contributed by atoms with E-state index in [2.05, 4.69) is 5.32 Å². The molecule has 2 aromatic rings. The van der Waals surface area contributed by atoms with Gasteiger partial charge in [0, 0.05) is 22.2 Å². The predicted molar refractivity (Wildman–Crippen MR) is 85.0 cm³/mol. The van der Waals surface area contributed by atoms with Crippen LogP contribution in [0.25, 0.3) is 10.8 Å². The number of ether oxygens (including phenoxy) is 2. The highest BCUT2D eigenvalue weighted by atomic mass is 16.8. The van der Waals surface area contributed by atoms with Crippen LogP contribution in [0.2, 0.25) is 0 Å². The topological polar surface area (TPSA) is 47.6 Å². The first-order valence-electron chi connectivity index (χ1n) is 7.57. The first kappa shape index (κ1) is 13.7. The normalized spacial score (nSPS) is 29.1. The van der Waals surface area contributed by atoms with Gasteiger partial charge in [0.2, 0.25) is 0 Å². The molecule has 2 heterocycles. The Balaban J connectivity index is 1.95. The number of benzene rings is 2. The van der Waals surface area contributed by atoms with Crippen molar-refractivity contribution in [2.24, 2.45) is 0 Å². The minimum atomic E-state index is -0.814. The Labute approximate surface area is 129 Å². The average molecular weight is 297 g/mol. The third-order valence-corrected chi connectivity index (χ3v) is 4.86. The van der Waals surface area contributed by atoms with Crippen LogP contribution in [0, 0.1) is 0 Å². The van der Waals surface area contributed by atoms with Crippen LogP contribution >= 0.6 is 0 Å². The fourth-order valence-corrected chi connectivity index (χ4v) is 3.49. The zero-order valence-corrected chi connectivity index (χ0v) is 13.2. The lowest BCUT2D eigenvalue weighted by Gasteiger charge is -2.27. The summed E-state index contributed by atoms with van der Waals surface area (Å²) in [7, 11) is 0. The van der Waals surface area contributed by atoms with E-state index in [1.165, 1.54) is 0 Å². The molecule has 0 radical (unpaired) electrons. The molecule has 1 saturated heterocycles. The number of hydrogen-bond donors (Lipinski definition) is 1. The van der Waals surface area contributed by atoms with E-state index in [1.54, 1.807) is 0 Å². The van der Waals surface area contributed by atoms with Crippen molar-refractivity contribution in [2.45, 2.75) is 45.2 Å². The zero-order chi connectivity index (χ0) is 15.7. The van der Waals surface area contributed by atoms with E-state index in [4.69, 9.17) is 9.47 Å². The summed E-state index contributed by atoms with van der Waals surface area (Å²) in [5.74, 6) is -0.865. The molecule has 4 nitrogen and oxygen atoms in total. The van der Waals surface area contributed by atoms with Gasteiger partial charge in [-0.2, -0.15) is 0 Å². The van der Waals surface area contributed by atoms with Gasteiger partial charge in [0.1, 0.15) is 0 Å². The second-order valence-corrected chi connectivity index (χ2v) is 6.75. The van der Waals surface area contributed by atoms with Gasteiger partial charge >= 0.3 is 0 Å².